The van der Waals surface area contributed by atoms with Gasteiger partial charge in [0.05, 0.1) is 16.3 Å². The van der Waals surface area contributed by atoms with Crippen molar-refractivity contribution in [1.29, 1.82) is 0 Å². The van der Waals surface area contributed by atoms with Crippen LogP contribution in [0.4, 0.5) is 14.5 Å². The second-order valence-corrected chi connectivity index (χ2v) is 4.52. The summed E-state index contributed by atoms with van der Waals surface area (Å²) in [5, 5.41) is 2.29. The highest BCUT2D eigenvalue weighted by molar-refractivity contribution is 6.31. The zero-order chi connectivity index (χ0) is 14.0. The van der Waals surface area contributed by atoms with Gasteiger partial charge >= 0.3 is 0 Å². The molecule has 0 spiro atoms. The number of benzene rings is 2. The highest BCUT2D eigenvalue weighted by atomic mass is 35.5. The van der Waals surface area contributed by atoms with Gasteiger partial charge in [0, 0.05) is 5.02 Å². The summed E-state index contributed by atoms with van der Waals surface area (Å²) in [6.07, 6.45) is 0. The molecule has 0 unspecified atom stereocenters. The Kier molecular flexibility index (Phi) is 4.02. The Labute approximate surface area is 118 Å². The summed E-state index contributed by atoms with van der Waals surface area (Å²) >= 11 is 11.2. The van der Waals surface area contributed by atoms with Crippen LogP contribution in [0.25, 0.3) is 0 Å². The Hall–Kier alpha value is -1.65. The number of carbonyl (C=O) groups is 1. The lowest BCUT2D eigenvalue weighted by Gasteiger charge is -2.08. The number of hydrogen-bond donors (Lipinski definition) is 1. The minimum absolute atomic E-state index is 0.119. The molecule has 0 fully saturated rings. The predicted molar refractivity (Wildman–Crippen MR) is 70.8 cm³/mol. The molecule has 2 nitrogen and oxygen atoms in total. The number of hydrogen-bond acceptors (Lipinski definition) is 1. The van der Waals surface area contributed by atoms with Gasteiger partial charge in [0.1, 0.15) is 5.82 Å². The Morgan fingerprint density at radius 2 is 1.84 bits per heavy atom. The van der Waals surface area contributed by atoms with Gasteiger partial charge in [-0.2, -0.15) is 0 Å². The molecule has 0 aliphatic carbocycles. The van der Waals surface area contributed by atoms with E-state index in [0.29, 0.717) is 0 Å². The van der Waals surface area contributed by atoms with Crippen molar-refractivity contribution in [2.75, 3.05) is 5.32 Å². The number of anilines is 1. The van der Waals surface area contributed by atoms with Crippen molar-refractivity contribution < 1.29 is 13.6 Å². The standard InChI is InChI=1S/C13H7Cl2F2NO/c14-7-4-5-8(10(16)6-7)13(19)18-11-3-1-2-9(15)12(11)17/h1-6H,(H,18,19). The first kappa shape index (κ1) is 13.8. The quantitative estimate of drug-likeness (QED) is 0.868. The van der Waals surface area contributed by atoms with E-state index in [9.17, 15) is 13.6 Å². The highest BCUT2D eigenvalue weighted by Gasteiger charge is 2.15. The SMILES string of the molecule is O=C(Nc1cccc(Cl)c1F)c1ccc(Cl)cc1F. The van der Waals surface area contributed by atoms with Crippen LogP contribution in [-0.2, 0) is 0 Å². The summed E-state index contributed by atoms with van der Waals surface area (Å²) in [5.74, 6) is -2.34. The largest absolute Gasteiger partial charge is 0.319 e. The molecule has 0 aromatic heterocycles. The molecule has 0 saturated heterocycles. The van der Waals surface area contributed by atoms with Crippen molar-refractivity contribution in [3.05, 3.63) is 63.6 Å². The molecular weight excluding hydrogens is 295 g/mol. The van der Waals surface area contributed by atoms with Gasteiger partial charge in [0.2, 0.25) is 0 Å². The lowest BCUT2D eigenvalue weighted by atomic mass is 10.2. The maximum Gasteiger partial charge on any atom is 0.258 e. The normalized spacial score (nSPS) is 10.3. The van der Waals surface area contributed by atoms with Crippen molar-refractivity contribution in [2.45, 2.75) is 0 Å². The van der Waals surface area contributed by atoms with E-state index in [0.717, 1.165) is 6.07 Å². The monoisotopic (exact) mass is 301 g/mol. The van der Waals surface area contributed by atoms with Crippen LogP contribution < -0.4 is 5.32 Å². The fourth-order valence-corrected chi connectivity index (χ4v) is 1.80. The molecule has 0 bridgehead atoms. The second-order valence-electron chi connectivity index (χ2n) is 3.68. The van der Waals surface area contributed by atoms with Gasteiger partial charge in [0.15, 0.2) is 5.82 Å². The molecule has 19 heavy (non-hydrogen) atoms. The molecule has 0 saturated carbocycles. The van der Waals surface area contributed by atoms with E-state index >= 15 is 0 Å². The third-order valence-electron chi connectivity index (χ3n) is 2.38. The van der Waals surface area contributed by atoms with Crippen molar-refractivity contribution >= 4 is 34.8 Å². The van der Waals surface area contributed by atoms with Gasteiger partial charge in [-0.1, -0.05) is 29.3 Å². The zero-order valence-electron chi connectivity index (χ0n) is 9.38. The van der Waals surface area contributed by atoms with Gasteiger partial charge in [-0.05, 0) is 30.3 Å². The molecule has 1 N–H and O–H groups in total. The molecule has 0 aliphatic heterocycles. The molecule has 2 aromatic carbocycles. The van der Waals surface area contributed by atoms with Crippen molar-refractivity contribution in [1.82, 2.24) is 0 Å². The summed E-state index contributed by atoms with van der Waals surface area (Å²) in [6, 6.07) is 7.73. The van der Waals surface area contributed by atoms with Crippen molar-refractivity contribution in [3.8, 4) is 0 Å². The van der Waals surface area contributed by atoms with Crippen molar-refractivity contribution in [3.63, 3.8) is 0 Å². The van der Waals surface area contributed by atoms with Crippen LogP contribution in [0.15, 0.2) is 36.4 Å². The summed E-state index contributed by atoms with van der Waals surface area (Å²) in [7, 11) is 0. The van der Waals surface area contributed by atoms with Crippen LogP contribution >= 0.6 is 23.2 Å². The maximum absolute atomic E-state index is 13.6. The molecule has 6 heteroatoms. The minimum Gasteiger partial charge on any atom is -0.319 e. The number of rotatable bonds is 2. The van der Waals surface area contributed by atoms with Crippen LogP contribution in [0.3, 0.4) is 0 Å². The van der Waals surface area contributed by atoms with E-state index in [4.69, 9.17) is 23.2 Å². The zero-order valence-corrected chi connectivity index (χ0v) is 10.9. The molecule has 1 amide bonds. The van der Waals surface area contributed by atoms with Crippen LogP contribution in [0.1, 0.15) is 10.4 Å². The Morgan fingerprint density at radius 3 is 2.53 bits per heavy atom. The van der Waals surface area contributed by atoms with Crippen LogP contribution in [0.2, 0.25) is 10.0 Å². The van der Waals surface area contributed by atoms with Crippen LogP contribution in [0.5, 0.6) is 0 Å². The number of amides is 1. The number of carbonyl (C=O) groups excluding carboxylic acids is 1. The minimum atomic E-state index is -0.785. The predicted octanol–water partition coefficient (Wildman–Crippen LogP) is 4.52. The molecule has 98 valence electrons. The second kappa shape index (κ2) is 5.55. The van der Waals surface area contributed by atoms with Gasteiger partial charge in [-0.25, -0.2) is 8.78 Å². The third kappa shape index (κ3) is 3.03. The van der Waals surface area contributed by atoms with E-state index in [1.807, 2.05) is 0 Å². The number of nitrogens with one attached hydrogen (secondary N) is 1. The first-order valence-corrected chi connectivity index (χ1v) is 5.95. The lowest BCUT2D eigenvalue weighted by Crippen LogP contribution is -2.14. The van der Waals surface area contributed by atoms with E-state index in [1.165, 1.54) is 30.3 Å². The van der Waals surface area contributed by atoms with E-state index in [1.54, 1.807) is 0 Å². The van der Waals surface area contributed by atoms with Gasteiger partial charge in [-0.15, -0.1) is 0 Å². The molecule has 0 radical (unpaired) electrons. The lowest BCUT2D eigenvalue weighted by molar-refractivity contribution is 0.102. The highest BCUT2D eigenvalue weighted by Crippen LogP contribution is 2.23. The summed E-state index contributed by atoms with van der Waals surface area (Å²) in [4.78, 5) is 11.8. The summed E-state index contributed by atoms with van der Waals surface area (Å²) < 4.78 is 27.1. The average molecular weight is 302 g/mol. The molecule has 2 rings (SSSR count). The maximum atomic E-state index is 13.6. The van der Waals surface area contributed by atoms with Crippen LogP contribution in [-0.4, -0.2) is 5.91 Å². The molecular formula is C13H7Cl2F2NO. The molecule has 0 heterocycles. The fourth-order valence-electron chi connectivity index (χ4n) is 1.46. The number of halogens is 4. The van der Waals surface area contributed by atoms with E-state index in [-0.39, 0.29) is 21.3 Å². The Bertz CT molecular complexity index is 647. The average Bonchev–Trinajstić information content (AvgIpc) is 2.34. The fraction of sp³-hybridized carbons (Fsp3) is 0. The Balaban J connectivity index is 2.28. The topological polar surface area (TPSA) is 29.1 Å². The van der Waals surface area contributed by atoms with E-state index in [2.05, 4.69) is 5.32 Å². The van der Waals surface area contributed by atoms with Crippen molar-refractivity contribution in [2.24, 2.45) is 0 Å². The molecule has 0 atom stereocenters. The van der Waals surface area contributed by atoms with E-state index < -0.39 is 17.5 Å². The third-order valence-corrected chi connectivity index (χ3v) is 2.90. The first-order valence-electron chi connectivity index (χ1n) is 5.19. The summed E-state index contributed by atoms with van der Waals surface area (Å²) in [6.45, 7) is 0. The first-order chi connectivity index (χ1) is 8.99. The smallest absolute Gasteiger partial charge is 0.258 e. The summed E-state index contributed by atoms with van der Waals surface area (Å²) in [5.41, 5.74) is -0.351. The van der Waals surface area contributed by atoms with Gasteiger partial charge < -0.3 is 5.32 Å². The molecule has 0 aliphatic rings. The van der Waals surface area contributed by atoms with Gasteiger partial charge in [0.25, 0.3) is 5.91 Å². The van der Waals surface area contributed by atoms with Gasteiger partial charge in [-0.3, -0.25) is 4.79 Å². The Morgan fingerprint density at radius 1 is 1.11 bits per heavy atom. The van der Waals surface area contributed by atoms with Crippen LogP contribution in [0, 0.1) is 11.6 Å². The molecule has 2 aromatic rings.